The van der Waals surface area contributed by atoms with Crippen LogP contribution in [0.2, 0.25) is 5.02 Å². The fraction of sp³-hybridized carbons (Fsp3) is 0. The molecule has 0 aliphatic carbocycles. The molecule has 0 unspecified atom stereocenters. The highest BCUT2D eigenvalue weighted by atomic mass is 35.5. The van der Waals surface area contributed by atoms with E-state index in [4.69, 9.17) is 11.6 Å². The summed E-state index contributed by atoms with van der Waals surface area (Å²) in [6.45, 7) is 0. The van der Waals surface area contributed by atoms with E-state index < -0.39 is 4.92 Å². The fourth-order valence-electron chi connectivity index (χ4n) is 1.51. The molecular weight excluding hydrogens is 245 g/mol. The number of halogens is 2. The predicted octanol–water partition coefficient (Wildman–Crippen LogP) is 4.05. The van der Waals surface area contributed by atoms with Crippen LogP contribution in [0.15, 0.2) is 42.5 Å². The lowest BCUT2D eigenvalue weighted by Gasteiger charge is -2.04. The van der Waals surface area contributed by atoms with Crippen LogP contribution < -0.4 is 0 Å². The Bertz CT molecular complexity index is 586. The average molecular weight is 252 g/mol. The van der Waals surface area contributed by atoms with E-state index in [9.17, 15) is 14.5 Å². The average Bonchev–Trinajstić information content (AvgIpc) is 2.28. The Balaban J connectivity index is 2.50. The fourth-order valence-corrected chi connectivity index (χ4v) is 1.79. The standard InChI is InChI=1S/C12H7ClFNO2/c13-12-7-10(15(16)17)4-5-11(12)8-2-1-3-9(14)6-8/h1-7H. The summed E-state index contributed by atoms with van der Waals surface area (Å²) < 4.78 is 13.0. The molecule has 17 heavy (non-hydrogen) atoms. The minimum Gasteiger partial charge on any atom is -0.258 e. The van der Waals surface area contributed by atoms with Gasteiger partial charge in [0, 0.05) is 17.7 Å². The van der Waals surface area contributed by atoms with Crippen LogP contribution in [0.1, 0.15) is 0 Å². The van der Waals surface area contributed by atoms with Crippen molar-refractivity contribution in [2.45, 2.75) is 0 Å². The molecule has 0 bridgehead atoms. The van der Waals surface area contributed by atoms with Gasteiger partial charge in [0.2, 0.25) is 0 Å². The third-order valence-electron chi connectivity index (χ3n) is 2.30. The molecule has 0 spiro atoms. The largest absolute Gasteiger partial charge is 0.270 e. The second-order valence-electron chi connectivity index (χ2n) is 3.43. The summed E-state index contributed by atoms with van der Waals surface area (Å²) in [4.78, 5) is 10.0. The minimum absolute atomic E-state index is 0.0878. The normalized spacial score (nSPS) is 10.2. The molecule has 2 aromatic rings. The van der Waals surface area contributed by atoms with Crippen molar-refractivity contribution in [3.63, 3.8) is 0 Å². The van der Waals surface area contributed by atoms with E-state index in [-0.39, 0.29) is 16.5 Å². The molecule has 0 atom stereocenters. The van der Waals surface area contributed by atoms with E-state index in [2.05, 4.69) is 0 Å². The lowest BCUT2D eigenvalue weighted by atomic mass is 10.1. The quantitative estimate of drug-likeness (QED) is 0.597. The maximum Gasteiger partial charge on any atom is 0.270 e. The Morgan fingerprint density at radius 3 is 2.53 bits per heavy atom. The van der Waals surface area contributed by atoms with Gasteiger partial charge in [-0.05, 0) is 23.8 Å². The minimum atomic E-state index is -0.527. The number of nitro benzene ring substituents is 1. The van der Waals surface area contributed by atoms with Gasteiger partial charge in [-0.3, -0.25) is 10.1 Å². The molecule has 86 valence electrons. The molecule has 0 radical (unpaired) electrons. The molecule has 0 aliphatic rings. The van der Waals surface area contributed by atoms with E-state index in [1.807, 2.05) is 0 Å². The molecule has 0 saturated heterocycles. The number of nitro groups is 1. The van der Waals surface area contributed by atoms with E-state index in [1.54, 1.807) is 12.1 Å². The molecule has 3 nitrogen and oxygen atoms in total. The summed E-state index contributed by atoms with van der Waals surface area (Å²) in [5.41, 5.74) is 1.07. The number of non-ortho nitro benzene ring substituents is 1. The first-order chi connectivity index (χ1) is 8.08. The molecule has 0 saturated carbocycles. The molecule has 5 heteroatoms. The van der Waals surface area contributed by atoms with Crippen LogP contribution in [0, 0.1) is 15.9 Å². The second kappa shape index (κ2) is 4.51. The summed E-state index contributed by atoms with van der Waals surface area (Å²) >= 11 is 5.93. The van der Waals surface area contributed by atoms with E-state index in [1.165, 1.54) is 30.3 Å². The molecule has 2 aromatic carbocycles. The Hall–Kier alpha value is -1.94. The van der Waals surface area contributed by atoms with Gasteiger partial charge in [-0.15, -0.1) is 0 Å². The summed E-state index contributed by atoms with van der Waals surface area (Å²) in [5, 5.41) is 10.8. The Morgan fingerprint density at radius 1 is 1.18 bits per heavy atom. The van der Waals surface area contributed by atoms with E-state index >= 15 is 0 Å². The van der Waals surface area contributed by atoms with Gasteiger partial charge >= 0.3 is 0 Å². The number of benzene rings is 2. The van der Waals surface area contributed by atoms with Crippen LogP contribution in [0.25, 0.3) is 11.1 Å². The highest BCUT2D eigenvalue weighted by Gasteiger charge is 2.10. The molecule has 0 aliphatic heterocycles. The number of nitrogens with zero attached hydrogens (tertiary/aromatic N) is 1. The van der Waals surface area contributed by atoms with Gasteiger partial charge in [0.15, 0.2) is 0 Å². The Morgan fingerprint density at radius 2 is 1.94 bits per heavy atom. The number of hydrogen-bond donors (Lipinski definition) is 0. The molecule has 0 heterocycles. The van der Waals surface area contributed by atoms with Crippen LogP contribution in [-0.2, 0) is 0 Å². The SMILES string of the molecule is O=[N+]([O-])c1ccc(-c2cccc(F)c2)c(Cl)c1. The molecule has 0 N–H and O–H groups in total. The van der Waals surface area contributed by atoms with Gasteiger partial charge in [-0.2, -0.15) is 0 Å². The van der Waals surface area contributed by atoms with Crippen LogP contribution in [-0.4, -0.2) is 4.92 Å². The first-order valence-electron chi connectivity index (χ1n) is 4.78. The molecule has 0 aromatic heterocycles. The van der Waals surface area contributed by atoms with Crippen molar-refractivity contribution in [3.05, 3.63) is 63.4 Å². The topological polar surface area (TPSA) is 43.1 Å². The van der Waals surface area contributed by atoms with Crippen molar-refractivity contribution in [2.75, 3.05) is 0 Å². The highest BCUT2D eigenvalue weighted by molar-refractivity contribution is 6.33. The van der Waals surface area contributed by atoms with Gasteiger partial charge in [0.05, 0.1) is 9.95 Å². The number of hydrogen-bond acceptors (Lipinski definition) is 2. The Labute approximate surface area is 102 Å². The summed E-state index contributed by atoms with van der Waals surface area (Å²) in [6, 6.07) is 10.00. The summed E-state index contributed by atoms with van der Waals surface area (Å²) in [7, 11) is 0. The monoisotopic (exact) mass is 251 g/mol. The molecular formula is C12H7ClFNO2. The van der Waals surface area contributed by atoms with Crippen LogP contribution >= 0.6 is 11.6 Å². The van der Waals surface area contributed by atoms with Crippen LogP contribution in [0.5, 0.6) is 0 Å². The van der Waals surface area contributed by atoms with Gasteiger partial charge < -0.3 is 0 Å². The maximum absolute atomic E-state index is 13.0. The first-order valence-corrected chi connectivity index (χ1v) is 5.15. The smallest absolute Gasteiger partial charge is 0.258 e. The molecule has 0 fully saturated rings. The second-order valence-corrected chi connectivity index (χ2v) is 3.84. The van der Waals surface area contributed by atoms with Gasteiger partial charge in [-0.1, -0.05) is 23.7 Å². The van der Waals surface area contributed by atoms with Crippen molar-refractivity contribution in [1.82, 2.24) is 0 Å². The van der Waals surface area contributed by atoms with Crippen molar-refractivity contribution >= 4 is 17.3 Å². The van der Waals surface area contributed by atoms with Gasteiger partial charge in [0.1, 0.15) is 5.82 Å². The summed E-state index contributed by atoms with van der Waals surface area (Å²) in [6.07, 6.45) is 0. The first kappa shape index (κ1) is 11.5. The van der Waals surface area contributed by atoms with E-state index in [0.717, 1.165) is 0 Å². The highest BCUT2D eigenvalue weighted by Crippen LogP contribution is 2.31. The molecule has 0 amide bonds. The number of rotatable bonds is 2. The lowest BCUT2D eigenvalue weighted by Crippen LogP contribution is -1.88. The van der Waals surface area contributed by atoms with Gasteiger partial charge in [0.25, 0.3) is 5.69 Å². The summed E-state index contributed by atoms with van der Waals surface area (Å²) in [5.74, 6) is -0.378. The van der Waals surface area contributed by atoms with Gasteiger partial charge in [-0.25, -0.2) is 4.39 Å². The Kier molecular flexibility index (Phi) is 3.06. The lowest BCUT2D eigenvalue weighted by molar-refractivity contribution is -0.384. The third-order valence-corrected chi connectivity index (χ3v) is 2.61. The van der Waals surface area contributed by atoms with Crippen molar-refractivity contribution in [1.29, 1.82) is 0 Å². The van der Waals surface area contributed by atoms with Crippen molar-refractivity contribution in [2.24, 2.45) is 0 Å². The van der Waals surface area contributed by atoms with E-state index in [0.29, 0.717) is 11.1 Å². The van der Waals surface area contributed by atoms with Crippen molar-refractivity contribution < 1.29 is 9.31 Å². The zero-order valence-corrected chi connectivity index (χ0v) is 9.32. The maximum atomic E-state index is 13.0. The zero-order valence-electron chi connectivity index (χ0n) is 8.56. The van der Waals surface area contributed by atoms with Crippen molar-refractivity contribution in [3.8, 4) is 11.1 Å². The molecule has 2 rings (SSSR count). The zero-order chi connectivity index (χ0) is 12.4. The predicted molar refractivity (Wildman–Crippen MR) is 63.5 cm³/mol. The van der Waals surface area contributed by atoms with Crippen LogP contribution in [0.3, 0.4) is 0 Å². The van der Waals surface area contributed by atoms with Crippen LogP contribution in [0.4, 0.5) is 10.1 Å². The third kappa shape index (κ3) is 2.42.